The number of anilines is 2. The highest BCUT2D eigenvalue weighted by atomic mass is 35.5. The van der Waals surface area contributed by atoms with Crippen LogP contribution < -0.4 is 15.0 Å². The minimum Gasteiger partial charge on any atom is -0.495 e. The second-order valence-corrected chi connectivity index (χ2v) is 8.18. The molecule has 1 saturated heterocycles. The number of carbonyl (C=O) groups excluding carboxylic acids is 1. The van der Waals surface area contributed by atoms with E-state index in [1.807, 2.05) is 24.3 Å². The second kappa shape index (κ2) is 9.35. The number of hydrogen-bond acceptors (Lipinski definition) is 5. The first-order chi connectivity index (χ1) is 15.0. The minimum absolute atomic E-state index is 0.0183. The van der Waals surface area contributed by atoms with Gasteiger partial charge >= 0.3 is 0 Å². The van der Waals surface area contributed by atoms with Crippen molar-refractivity contribution in [2.24, 2.45) is 5.92 Å². The number of benzene rings is 2. The van der Waals surface area contributed by atoms with Crippen LogP contribution in [0.4, 0.5) is 11.5 Å². The lowest BCUT2D eigenvalue weighted by molar-refractivity contribution is -0.120. The fraction of sp³-hybridized carbons (Fsp3) is 0.292. The molecule has 3 aromatic rings. The van der Waals surface area contributed by atoms with Gasteiger partial charge in [0.05, 0.1) is 23.7 Å². The number of halogens is 1. The summed E-state index contributed by atoms with van der Waals surface area (Å²) in [6.07, 6.45) is 1.75. The molecular weight excluding hydrogens is 412 g/mol. The number of rotatable bonds is 5. The maximum Gasteiger partial charge on any atom is 0.229 e. The number of aromatic nitrogens is 2. The molecule has 1 aromatic heterocycles. The SMILES string of the molecule is COc1ccc(NC(=O)[C@@H]2CCCN(c3ccc(-c4cccc(C)c4)nn3)C2)cc1Cl. The number of piperidine rings is 1. The van der Waals surface area contributed by atoms with Crippen LogP contribution in [0.15, 0.2) is 54.6 Å². The molecule has 1 aliphatic rings. The molecule has 0 radical (unpaired) electrons. The molecule has 2 aromatic carbocycles. The number of nitrogens with one attached hydrogen (secondary N) is 1. The lowest BCUT2D eigenvalue weighted by Crippen LogP contribution is -2.41. The van der Waals surface area contributed by atoms with Crippen molar-refractivity contribution in [2.45, 2.75) is 19.8 Å². The normalized spacial score (nSPS) is 16.1. The average Bonchev–Trinajstić information content (AvgIpc) is 2.79. The van der Waals surface area contributed by atoms with Gasteiger partial charge in [-0.15, -0.1) is 10.2 Å². The number of amides is 1. The van der Waals surface area contributed by atoms with Crippen molar-refractivity contribution in [1.29, 1.82) is 0 Å². The Morgan fingerprint density at radius 2 is 2.03 bits per heavy atom. The van der Waals surface area contributed by atoms with Crippen LogP contribution in [-0.4, -0.2) is 36.3 Å². The molecule has 160 valence electrons. The number of carbonyl (C=O) groups is 1. The number of methoxy groups -OCH3 is 1. The molecule has 1 aliphatic heterocycles. The summed E-state index contributed by atoms with van der Waals surface area (Å²) in [6, 6.07) is 17.4. The molecule has 7 heteroatoms. The Kier molecular flexibility index (Phi) is 6.37. The Labute approximate surface area is 187 Å². The third kappa shape index (κ3) is 4.97. The molecule has 4 rings (SSSR count). The summed E-state index contributed by atoms with van der Waals surface area (Å²) in [5.41, 5.74) is 3.74. The molecule has 1 atom stereocenters. The largest absolute Gasteiger partial charge is 0.495 e. The third-order valence-corrected chi connectivity index (χ3v) is 5.80. The van der Waals surface area contributed by atoms with Gasteiger partial charge in [-0.1, -0.05) is 35.4 Å². The summed E-state index contributed by atoms with van der Waals surface area (Å²) >= 11 is 6.17. The fourth-order valence-electron chi connectivity index (χ4n) is 3.84. The average molecular weight is 437 g/mol. The molecule has 0 saturated carbocycles. The van der Waals surface area contributed by atoms with Crippen LogP contribution in [0.3, 0.4) is 0 Å². The van der Waals surface area contributed by atoms with Crippen molar-refractivity contribution >= 4 is 29.0 Å². The number of aryl methyl sites for hydroxylation is 1. The van der Waals surface area contributed by atoms with E-state index in [4.69, 9.17) is 16.3 Å². The van der Waals surface area contributed by atoms with Crippen LogP contribution >= 0.6 is 11.6 Å². The predicted octanol–water partition coefficient (Wildman–Crippen LogP) is 4.97. The molecule has 1 N–H and O–H groups in total. The first-order valence-electron chi connectivity index (χ1n) is 10.3. The van der Waals surface area contributed by atoms with Gasteiger partial charge in [-0.05, 0) is 56.2 Å². The molecule has 0 unspecified atom stereocenters. The standard InChI is InChI=1S/C24H25ClN4O2/c1-16-5-3-6-17(13-16)21-9-11-23(28-27-21)29-12-4-7-18(15-29)24(30)26-19-8-10-22(31-2)20(25)14-19/h3,5-6,8-11,13-14,18H,4,7,12,15H2,1-2H3,(H,26,30)/t18-/m1/s1. The highest BCUT2D eigenvalue weighted by Crippen LogP contribution is 2.29. The van der Waals surface area contributed by atoms with Crippen LogP contribution in [-0.2, 0) is 4.79 Å². The van der Waals surface area contributed by atoms with E-state index in [0.717, 1.165) is 36.5 Å². The van der Waals surface area contributed by atoms with Crippen LogP contribution in [0.2, 0.25) is 5.02 Å². The molecule has 1 amide bonds. The van der Waals surface area contributed by atoms with E-state index in [1.165, 1.54) is 5.56 Å². The van der Waals surface area contributed by atoms with Gasteiger partial charge in [-0.2, -0.15) is 0 Å². The number of hydrogen-bond donors (Lipinski definition) is 1. The Balaban J connectivity index is 1.42. The highest BCUT2D eigenvalue weighted by molar-refractivity contribution is 6.32. The van der Waals surface area contributed by atoms with Crippen LogP contribution in [0.5, 0.6) is 5.75 Å². The maximum absolute atomic E-state index is 12.8. The molecule has 6 nitrogen and oxygen atoms in total. The van der Waals surface area contributed by atoms with Gasteiger partial charge in [0.25, 0.3) is 0 Å². The van der Waals surface area contributed by atoms with E-state index in [0.29, 0.717) is 23.0 Å². The summed E-state index contributed by atoms with van der Waals surface area (Å²) in [5, 5.41) is 12.3. The van der Waals surface area contributed by atoms with Crippen molar-refractivity contribution in [3.63, 3.8) is 0 Å². The van der Waals surface area contributed by atoms with Gasteiger partial charge in [0.15, 0.2) is 5.82 Å². The third-order valence-electron chi connectivity index (χ3n) is 5.50. The molecule has 31 heavy (non-hydrogen) atoms. The van der Waals surface area contributed by atoms with Crippen LogP contribution in [0.25, 0.3) is 11.3 Å². The zero-order valence-corrected chi connectivity index (χ0v) is 18.4. The van der Waals surface area contributed by atoms with E-state index in [2.05, 4.69) is 39.5 Å². The highest BCUT2D eigenvalue weighted by Gasteiger charge is 2.27. The van der Waals surface area contributed by atoms with Crippen LogP contribution in [0.1, 0.15) is 18.4 Å². The molecule has 2 heterocycles. The van der Waals surface area contributed by atoms with Gasteiger partial charge in [-0.25, -0.2) is 0 Å². The van der Waals surface area contributed by atoms with Gasteiger partial charge in [0, 0.05) is 24.3 Å². The summed E-state index contributed by atoms with van der Waals surface area (Å²) < 4.78 is 5.16. The Hall–Kier alpha value is -3.12. The first-order valence-corrected chi connectivity index (χ1v) is 10.7. The topological polar surface area (TPSA) is 67.3 Å². The van der Waals surface area contributed by atoms with Gasteiger partial charge in [0.2, 0.25) is 5.91 Å². The lowest BCUT2D eigenvalue weighted by Gasteiger charge is -2.32. The molecule has 0 spiro atoms. The number of ether oxygens (including phenoxy) is 1. The summed E-state index contributed by atoms with van der Waals surface area (Å²) in [7, 11) is 1.56. The molecule has 0 aliphatic carbocycles. The van der Waals surface area contributed by atoms with Crippen molar-refractivity contribution in [1.82, 2.24) is 10.2 Å². The zero-order valence-electron chi connectivity index (χ0n) is 17.6. The Morgan fingerprint density at radius 1 is 1.16 bits per heavy atom. The maximum atomic E-state index is 12.8. The van der Waals surface area contributed by atoms with E-state index in [9.17, 15) is 4.79 Å². The quantitative estimate of drug-likeness (QED) is 0.611. The van der Waals surface area contributed by atoms with E-state index in [1.54, 1.807) is 25.3 Å². The molecule has 1 fully saturated rings. The Morgan fingerprint density at radius 3 is 2.74 bits per heavy atom. The monoisotopic (exact) mass is 436 g/mol. The minimum atomic E-state index is -0.132. The van der Waals surface area contributed by atoms with Gasteiger partial charge < -0.3 is 15.0 Å². The zero-order chi connectivity index (χ0) is 21.8. The summed E-state index contributed by atoms with van der Waals surface area (Å²) in [6.45, 7) is 3.52. The summed E-state index contributed by atoms with van der Waals surface area (Å²) in [5.74, 6) is 1.22. The smallest absolute Gasteiger partial charge is 0.229 e. The second-order valence-electron chi connectivity index (χ2n) is 7.77. The molecule has 0 bridgehead atoms. The lowest BCUT2D eigenvalue weighted by atomic mass is 9.97. The first kappa shape index (κ1) is 21.1. The predicted molar refractivity (Wildman–Crippen MR) is 124 cm³/mol. The molecular formula is C24H25ClN4O2. The van der Waals surface area contributed by atoms with Crippen molar-refractivity contribution in [3.05, 3.63) is 65.2 Å². The van der Waals surface area contributed by atoms with E-state index < -0.39 is 0 Å². The Bertz CT molecular complexity index is 1070. The van der Waals surface area contributed by atoms with E-state index >= 15 is 0 Å². The van der Waals surface area contributed by atoms with Gasteiger partial charge in [-0.3, -0.25) is 4.79 Å². The van der Waals surface area contributed by atoms with Crippen molar-refractivity contribution in [2.75, 3.05) is 30.4 Å². The van der Waals surface area contributed by atoms with E-state index in [-0.39, 0.29) is 11.8 Å². The number of nitrogens with zero attached hydrogens (tertiary/aromatic N) is 3. The van der Waals surface area contributed by atoms with Crippen LogP contribution in [0, 0.1) is 12.8 Å². The van der Waals surface area contributed by atoms with Crippen molar-refractivity contribution in [3.8, 4) is 17.0 Å². The summed E-state index contributed by atoms with van der Waals surface area (Å²) in [4.78, 5) is 15.0. The van der Waals surface area contributed by atoms with Gasteiger partial charge in [0.1, 0.15) is 5.75 Å². The van der Waals surface area contributed by atoms with Crippen molar-refractivity contribution < 1.29 is 9.53 Å². The fourth-order valence-corrected chi connectivity index (χ4v) is 4.10.